The topological polar surface area (TPSA) is 62.3 Å². The van der Waals surface area contributed by atoms with Crippen molar-refractivity contribution in [1.29, 1.82) is 0 Å². The van der Waals surface area contributed by atoms with Crippen LogP contribution in [0.1, 0.15) is 18.3 Å². The maximum atomic E-state index is 12.2. The van der Waals surface area contributed by atoms with Gasteiger partial charge >= 0.3 is 0 Å². The molecule has 0 spiro atoms. The summed E-state index contributed by atoms with van der Waals surface area (Å²) in [5, 5.41) is 2.70. The van der Waals surface area contributed by atoms with Gasteiger partial charge in [0.05, 0.1) is 11.4 Å². The van der Waals surface area contributed by atoms with Gasteiger partial charge < -0.3 is 5.32 Å². The molecule has 1 unspecified atom stereocenters. The summed E-state index contributed by atoms with van der Waals surface area (Å²) in [4.78, 5) is 6.65. The fourth-order valence-corrected chi connectivity index (χ4v) is 5.50. The Morgan fingerprint density at radius 1 is 1.43 bits per heavy atom. The average molecular weight is 329 g/mol. The van der Waals surface area contributed by atoms with Crippen LogP contribution in [0.5, 0.6) is 0 Å². The monoisotopic (exact) mass is 329 g/mol. The number of thioether (sulfide) groups is 1. The van der Waals surface area contributed by atoms with Crippen LogP contribution in [-0.4, -0.2) is 54.5 Å². The molecule has 118 valence electrons. The highest BCUT2D eigenvalue weighted by Crippen LogP contribution is 2.23. The molecule has 0 bridgehead atoms. The second kappa shape index (κ2) is 7.58. The molecule has 21 heavy (non-hydrogen) atoms. The standard InChI is InChI=1S/C14H23N3O2S2/c1-3-21(18,19)14-11-20-8-7-17(14)10-13-6-4-5-12(16-13)9-15-2/h4-6,14-15H,3,7-11H2,1-2H3. The average Bonchev–Trinajstić information content (AvgIpc) is 2.48. The molecule has 5 nitrogen and oxygen atoms in total. The summed E-state index contributed by atoms with van der Waals surface area (Å²) in [6.45, 7) is 3.84. The zero-order chi connectivity index (χ0) is 15.3. The van der Waals surface area contributed by atoms with Crippen LogP contribution in [-0.2, 0) is 22.9 Å². The van der Waals surface area contributed by atoms with Crippen LogP contribution in [0.4, 0.5) is 0 Å². The van der Waals surface area contributed by atoms with E-state index in [0.29, 0.717) is 12.3 Å². The van der Waals surface area contributed by atoms with Gasteiger partial charge in [-0.2, -0.15) is 11.8 Å². The predicted octanol–water partition coefficient (Wildman–Crippen LogP) is 1.11. The molecule has 1 aromatic heterocycles. The Morgan fingerprint density at radius 2 is 2.19 bits per heavy atom. The lowest BCUT2D eigenvalue weighted by Gasteiger charge is -2.34. The molecule has 1 N–H and O–H groups in total. The number of sulfone groups is 1. The molecule has 0 saturated carbocycles. The van der Waals surface area contributed by atoms with Gasteiger partial charge in [-0.3, -0.25) is 9.88 Å². The van der Waals surface area contributed by atoms with Gasteiger partial charge in [-0.1, -0.05) is 13.0 Å². The number of rotatable bonds is 6. The smallest absolute Gasteiger partial charge is 0.166 e. The minimum Gasteiger partial charge on any atom is -0.314 e. The molecule has 0 aliphatic carbocycles. The van der Waals surface area contributed by atoms with Crippen molar-refractivity contribution in [3.8, 4) is 0 Å². The summed E-state index contributed by atoms with van der Waals surface area (Å²) in [7, 11) is -1.16. The van der Waals surface area contributed by atoms with Crippen LogP contribution in [0, 0.1) is 0 Å². The molecule has 1 aliphatic rings. The molecule has 1 fully saturated rings. The first-order chi connectivity index (χ1) is 10.1. The van der Waals surface area contributed by atoms with Gasteiger partial charge in [0.1, 0.15) is 5.37 Å². The zero-order valence-electron chi connectivity index (χ0n) is 12.6. The quantitative estimate of drug-likeness (QED) is 0.844. The maximum Gasteiger partial charge on any atom is 0.166 e. The summed E-state index contributed by atoms with van der Waals surface area (Å²) < 4.78 is 24.5. The molecule has 2 rings (SSSR count). The van der Waals surface area contributed by atoms with Crippen molar-refractivity contribution in [2.24, 2.45) is 0 Å². The Hall–Kier alpha value is -0.630. The summed E-state index contributed by atoms with van der Waals surface area (Å²) >= 11 is 1.72. The van der Waals surface area contributed by atoms with Gasteiger partial charge in [0, 0.05) is 36.9 Å². The minimum absolute atomic E-state index is 0.196. The molecule has 2 heterocycles. The first kappa shape index (κ1) is 16.7. The third-order valence-corrected chi connectivity index (χ3v) is 6.93. The highest BCUT2D eigenvalue weighted by molar-refractivity contribution is 8.01. The summed E-state index contributed by atoms with van der Waals surface area (Å²) in [5.41, 5.74) is 1.92. The van der Waals surface area contributed by atoms with E-state index in [9.17, 15) is 8.42 Å². The molecule has 1 aliphatic heterocycles. The van der Waals surface area contributed by atoms with E-state index in [4.69, 9.17) is 0 Å². The minimum atomic E-state index is -3.05. The van der Waals surface area contributed by atoms with Gasteiger partial charge in [0.15, 0.2) is 9.84 Å². The Balaban J connectivity index is 2.14. The second-order valence-corrected chi connectivity index (χ2v) is 8.70. The third kappa shape index (κ3) is 4.42. The van der Waals surface area contributed by atoms with E-state index in [1.807, 2.05) is 25.2 Å². The fourth-order valence-electron chi connectivity index (χ4n) is 2.42. The second-order valence-electron chi connectivity index (χ2n) is 5.10. The summed E-state index contributed by atoms with van der Waals surface area (Å²) in [6, 6.07) is 5.93. The fraction of sp³-hybridized carbons (Fsp3) is 0.643. The number of hydrogen-bond acceptors (Lipinski definition) is 6. The molecular weight excluding hydrogens is 306 g/mol. The predicted molar refractivity (Wildman–Crippen MR) is 88.0 cm³/mol. The normalized spacial score (nSPS) is 20.6. The van der Waals surface area contributed by atoms with Crippen molar-refractivity contribution in [2.45, 2.75) is 25.4 Å². The van der Waals surface area contributed by atoms with Crippen LogP contribution in [0.2, 0.25) is 0 Å². The number of nitrogens with one attached hydrogen (secondary N) is 1. The largest absolute Gasteiger partial charge is 0.314 e. The first-order valence-electron chi connectivity index (χ1n) is 7.19. The number of aromatic nitrogens is 1. The van der Waals surface area contributed by atoms with Crippen molar-refractivity contribution in [3.63, 3.8) is 0 Å². The number of pyridine rings is 1. The first-order valence-corrected chi connectivity index (χ1v) is 10.1. The molecule has 0 radical (unpaired) electrons. The number of hydrogen-bond donors (Lipinski definition) is 1. The van der Waals surface area contributed by atoms with Crippen LogP contribution >= 0.6 is 11.8 Å². The maximum absolute atomic E-state index is 12.2. The van der Waals surface area contributed by atoms with Crippen LogP contribution in [0.3, 0.4) is 0 Å². The Bertz CT molecular complexity index is 563. The van der Waals surface area contributed by atoms with Gasteiger partial charge in [0.25, 0.3) is 0 Å². The van der Waals surface area contributed by atoms with Crippen molar-refractivity contribution in [3.05, 3.63) is 29.6 Å². The lowest BCUT2D eigenvalue weighted by atomic mass is 10.2. The Morgan fingerprint density at radius 3 is 2.90 bits per heavy atom. The summed E-state index contributed by atoms with van der Waals surface area (Å²) in [6.07, 6.45) is 0. The van der Waals surface area contributed by atoms with Gasteiger partial charge in [-0.15, -0.1) is 0 Å². The van der Waals surface area contributed by atoms with E-state index in [-0.39, 0.29) is 11.1 Å². The van der Waals surface area contributed by atoms with E-state index >= 15 is 0 Å². The molecule has 0 amide bonds. The van der Waals surface area contributed by atoms with E-state index in [1.54, 1.807) is 18.7 Å². The van der Waals surface area contributed by atoms with E-state index in [0.717, 1.165) is 30.2 Å². The van der Waals surface area contributed by atoms with Crippen molar-refractivity contribution >= 4 is 21.6 Å². The van der Waals surface area contributed by atoms with Crippen molar-refractivity contribution in [1.82, 2.24) is 15.2 Å². The van der Waals surface area contributed by atoms with E-state index in [1.165, 1.54) is 0 Å². The molecule has 7 heteroatoms. The van der Waals surface area contributed by atoms with Crippen LogP contribution < -0.4 is 5.32 Å². The third-order valence-electron chi connectivity index (χ3n) is 3.59. The summed E-state index contributed by atoms with van der Waals surface area (Å²) in [5.74, 6) is 1.83. The van der Waals surface area contributed by atoms with E-state index in [2.05, 4.69) is 15.2 Å². The Kier molecular flexibility index (Phi) is 6.04. The molecule has 1 aromatic rings. The highest BCUT2D eigenvalue weighted by atomic mass is 32.2. The van der Waals surface area contributed by atoms with Crippen molar-refractivity contribution in [2.75, 3.05) is 30.9 Å². The van der Waals surface area contributed by atoms with Crippen LogP contribution in [0.15, 0.2) is 18.2 Å². The van der Waals surface area contributed by atoms with E-state index < -0.39 is 9.84 Å². The molecule has 1 atom stereocenters. The molecule has 1 saturated heterocycles. The van der Waals surface area contributed by atoms with Gasteiger partial charge in [0.2, 0.25) is 0 Å². The van der Waals surface area contributed by atoms with Gasteiger partial charge in [-0.05, 0) is 19.2 Å². The SMILES string of the molecule is CCS(=O)(=O)C1CSCCN1Cc1cccc(CNC)n1. The lowest BCUT2D eigenvalue weighted by Crippen LogP contribution is -2.47. The molecule has 0 aromatic carbocycles. The van der Waals surface area contributed by atoms with Crippen LogP contribution in [0.25, 0.3) is 0 Å². The lowest BCUT2D eigenvalue weighted by molar-refractivity contribution is 0.258. The highest BCUT2D eigenvalue weighted by Gasteiger charge is 2.32. The van der Waals surface area contributed by atoms with Gasteiger partial charge in [-0.25, -0.2) is 8.42 Å². The number of nitrogens with zero attached hydrogens (tertiary/aromatic N) is 2. The van der Waals surface area contributed by atoms with Crippen molar-refractivity contribution < 1.29 is 8.42 Å². The molecular formula is C14H23N3O2S2. The Labute approximate surface area is 131 Å². The zero-order valence-corrected chi connectivity index (χ0v) is 14.2.